The van der Waals surface area contributed by atoms with E-state index in [1.807, 2.05) is 6.07 Å². The van der Waals surface area contributed by atoms with E-state index in [4.69, 9.17) is 14.7 Å². The molecule has 260 valence electrons. The van der Waals surface area contributed by atoms with Crippen LogP contribution in [0.5, 0.6) is 11.5 Å². The van der Waals surface area contributed by atoms with Gasteiger partial charge in [-0.3, -0.25) is 0 Å². The van der Waals surface area contributed by atoms with Crippen LogP contribution in [-0.2, 0) is 5.41 Å². The van der Waals surface area contributed by atoms with Gasteiger partial charge in [-0.25, -0.2) is 9.97 Å². The molecule has 0 amide bonds. The van der Waals surface area contributed by atoms with E-state index in [2.05, 4.69) is 183 Å². The minimum Gasteiger partial charge on any atom is -0.457 e. The molecule has 3 aliphatic rings. The van der Waals surface area contributed by atoms with Crippen molar-refractivity contribution in [1.82, 2.24) is 9.97 Å². The Kier molecular flexibility index (Phi) is 7.12. The van der Waals surface area contributed by atoms with Crippen molar-refractivity contribution in [1.29, 1.82) is 0 Å². The topological polar surface area (TPSA) is 35.0 Å². The maximum atomic E-state index is 6.76. The highest BCUT2D eigenvalue weighted by atomic mass is 16.5. The number of fused-ring (bicyclic) bond motifs is 10. The van der Waals surface area contributed by atoms with E-state index in [9.17, 15) is 0 Å². The first-order valence-electron chi connectivity index (χ1n) is 19.1. The number of nitrogens with zero attached hydrogens (tertiary/aromatic N) is 2. The second kappa shape index (κ2) is 12.4. The fourth-order valence-electron chi connectivity index (χ4n) is 9.42. The van der Waals surface area contributed by atoms with Crippen LogP contribution in [0.3, 0.4) is 0 Å². The summed E-state index contributed by atoms with van der Waals surface area (Å²) in [7, 11) is 0. The first kappa shape index (κ1) is 31.7. The molecule has 3 heteroatoms. The van der Waals surface area contributed by atoms with E-state index in [1.165, 1.54) is 38.3 Å². The maximum absolute atomic E-state index is 6.76. The van der Waals surface area contributed by atoms with Crippen molar-refractivity contribution in [2.45, 2.75) is 18.8 Å². The van der Waals surface area contributed by atoms with E-state index in [-0.39, 0.29) is 0 Å². The van der Waals surface area contributed by atoms with Gasteiger partial charge in [0, 0.05) is 22.3 Å². The quantitative estimate of drug-likeness (QED) is 0.183. The third kappa shape index (κ3) is 4.76. The second-order valence-corrected chi connectivity index (χ2v) is 14.9. The lowest BCUT2D eigenvalue weighted by Crippen LogP contribution is -2.32. The molecule has 0 saturated carbocycles. The van der Waals surface area contributed by atoms with Crippen molar-refractivity contribution >= 4 is 11.6 Å². The molecule has 3 nitrogen and oxygen atoms in total. The Morgan fingerprint density at radius 2 is 1.09 bits per heavy atom. The van der Waals surface area contributed by atoms with Crippen LogP contribution in [0, 0.1) is 5.92 Å². The van der Waals surface area contributed by atoms with E-state index < -0.39 is 5.41 Å². The lowest BCUT2D eigenvalue weighted by molar-refractivity contribution is 0.436. The molecule has 55 heavy (non-hydrogen) atoms. The van der Waals surface area contributed by atoms with Crippen LogP contribution in [0.4, 0.5) is 0 Å². The molecule has 0 radical (unpaired) electrons. The highest BCUT2D eigenvalue weighted by Crippen LogP contribution is 2.62. The van der Waals surface area contributed by atoms with Gasteiger partial charge >= 0.3 is 0 Å². The number of hydrogen-bond donors (Lipinski definition) is 0. The summed E-state index contributed by atoms with van der Waals surface area (Å²) in [5.74, 6) is 2.81. The molecule has 7 aromatic carbocycles. The zero-order valence-electron chi connectivity index (χ0n) is 30.4. The van der Waals surface area contributed by atoms with Gasteiger partial charge in [-0.1, -0.05) is 165 Å². The zero-order chi connectivity index (χ0) is 36.5. The molecule has 1 aromatic heterocycles. The average molecular weight is 705 g/mol. The molecule has 11 rings (SSSR count). The van der Waals surface area contributed by atoms with Crippen molar-refractivity contribution in [2.75, 3.05) is 0 Å². The standard InChI is InChI=1S/C52H36N2O/c1-33-27-28-34-15-5-6-19-38(34)50(33)47-32-46(53-51(54-47)35-16-3-2-4-17-35)41-22-8-7-18-37(41)36-29-30-49-45(31-36)52(44-25-13-14-26-48(44)55-49)42-23-11-9-20-39(42)40-21-10-12-24-43(40)52/h2-26,28-33H,27H2,1H3. The Balaban J connectivity index is 1.15. The lowest BCUT2D eigenvalue weighted by Gasteiger charge is -2.39. The van der Waals surface area contributed by atoms with Gasteiger partial charge in [-0.2, -0.15) is 0 Å². The normalized spacial score (nSPS) is 15.5. The molecule has 8 aromatic rings. The number of aromatic nitrogens is 2. The van der Waals surface area contributed by atoms with Crippen LogP contribution < -0.4 is 15.2 Å². The van der Waals surface area contributed by atoms with Gasteiger partial charge in [-0.05, 0) is 86.0 Å². The van der Waals surface area contributed by atoms with Crippen molar-refractivity contribution in [2.24, 2.45) is 5.92 Å². The van der Waals surface area contributed by atoms with Gasteiger partial charge in [0.25, 0.3) is 0 Å². The number of hydrogen-bond acceptors (Lipinski definition) is 3. The maximum Gasteiger partial charge on any atom is 0.160 e. The summed E-state index contributed by atoms with van der Waals surface area (Å²) in [6.45, 7) is 2.31. The molecule has 2 aliphatic carbocycles. The molecular formula is C52H36N2O. The lowest BCUT2D eigenvalue weighted by atomic mass is 9.65. The summed E-state index contributed by atoms with van der Waals surface area (Å²) >= 11 is 0. The first-order chi connectivity index (χ1) is 27.2. The number of rotatable bonds is 4. The molecule has 1 atom stereocenters. The highest BCUT2D eigenvalue weighted by molar-refractivity contribution is 5.90. The van der Waals surface area contributed by atoms with Crippen molar-refractivity contribution < 1.29 is 4.74 Å². The minimum atomic E-state index is -0.539. The van der Waals surface area contributed by atoms with Gasteiger partial charge in [0.05, 0.1) is 16.8 Å². The van der Waals surface area contributed by atoms with E-state index in [1.54, 1.807) is 0 Å². The molecule has 1 unspecified atom stereocenters. The van der Waals surface area contributed by atoms with Gasteiger partial charge in [0.2, 0.25) is 0 Å². The van der Waals surface area contributed by atoms with Crippen LogP contribution >= 0.6 is 0 Å². The monoisotopic (exact) mass is 704 g/mol. The summed E-state index contributed by atoms with van der Waals surface area (Å²) in [6, 6.07) is 63.0. The Labute approximate surface area is 320 Å². The van der Waals surface area contributed by atoms with Gasteiger partial charge in [0.15, 0.2) is 5.82 Å². The van der Waals surface area contributed by atoms with Crippen LogP contribution in [0.25, 0.3) is 56.5 Å². The fourth-order valence-corrected chi connectivity index (χ4v) is 9.42. The fraction of sp³-hybridized carbons (Fsp3) is 0.0769. The van der Waals surface area contributed by atoms with Gasteiger partial charge in [0.1, 0.15) is 11.5 Å². The first-order valence-corrected chi connectivity index (χ1v) is 19.1. The third-order valence-electron chi connectivity index (χ3n) is 11.8. The Hall–Kier alpha value is -6.84. The molecular weight excluding hydrogens is 669 g/mol. The van der Waals surface area contributed by atoms with Crippen LogP contribution in [0.2, 0.25) is 0 Å². The number of para-hydroxylation sites is 1. The highest BCUT2D eigenvalue weighted by Gasteiger charge is 2.51. The van der Waals surface area contributed by atoms with Crippen LogP contribution in [0.1, 0.15) is 41.3 Å². The minimum absolute atomic E-state index is 0.313. The molecule has 0 bridgehead atoms. The molecule has 2 heterocycles. The number of ether oxygens (including phenoxy) is 1. The smallest absolute Gasteiger partial charge is 0.160 e. The predicted octanol–water partition coefficient (Wildman–Crippen LogP) is 11.0. The van der Waals surface area contributed by atoms with Crippen LogP contribution in [0.15, 0.2) is 176 Å². The Bertz CT molecular complexity index is 2920. The van der Waals surface area contributed by atoms with Crippen molar-refractivity contribution in [3.05, 3.63) is 214 Å². The average Bonchev–Trinajstić information content (AvgIpc) is 3.54. The Morgan fingerprint density at radius 3 is 1.87 bits per heavy atom. The van der Waals surface area contributed by atoms with Gasteiger partial charge in [-0.15, -0.1) is 0 Å². The SMILES string of the molecule is CC1CC=c2ccccc2=C1c1cc(-c2ccccc2-c2ccc3c(c2)C2(c4ccccc4O3)c3ccccc3-c3ccccc32)nc(-c2ccccc2)n1. The molecule has 1 aliphatic heterocycles. The Morgan fingerprint density at radius 1 is 0.491 bits per heavy atom. The summed E-state index contributed by atoms with van der Waals surface area (Å²) in [4.78, 5) is 10.6. The molecule has 0 fully saturated rings. The van der Waals surface area contributed by atoms with Crippen LogP contribution in [-0.4, -0.2) is 9.97 Å². The van der Waals surface area contributed by atoms with Gasteiger partial charge < -0.3 is 4.74 Å². The molecule has 1 spiro atoms. The third-order valence-corrected chi connectivity index (χ3v) is 11.8. The molecule has 0 N–H and O–H groups in total. The summed E-state index contributed by atoms with van der Waals surface area (Å²) in [5, 5.41) is 2.51. The largest absolute Gasteiger partial charge is 0.457 e. The zero-order valence-corrected chi connectivity index (χ0v) is 30.4. The van der Waals surface area contributed by atoms with E-state index in [0.717, 1.165) is 68.5 Å². The van der Waals surface area contributed by atoms with E-state index >= 15 is 0 Å². The predicted molar refractivity (Wildman–Crippen MR) is 222 cm³/mol. The summed E-state index contributed by atoms with van der Waals surface area (Å²) in [5.41, 5.74) is 14.3. The van der Waals surface area contributed by atoms with Crippen molar-refractivity contribution in [3.63, 3.8) is 0 Å². The summed E-state index contributed by atoms with van der Waals surface area (Å²) in [6.07, 6.45) is 3.32. The summed E-state index contributed by atoms with van der Waals surface area (Å²) < 4.78 is 6.76. The second-order valence-electron chi connectivity index (χ2n) is 14.9. The molecule has 0 saturated heterocycles. The van der Waals surface area contributed by atoms with E-state index in [0.29, 0.717) is 5.92 Å². The van der Waals surface area contributed by atoms with Crippen molar-refractivity contribution in [3.8, 4) is 56.4 Å². The number of benzene rings is 7.